The summed E-state index contributed by atoms with van der Waals surface area (Å²) in [5, 5.41) is 5.42. The van der Waals surface area contributed by atoms with Gasteiger partial charge < -0.3 is 15.4 Å². The third-order valence-electron chi connectivity index (χ3n) is 5.39. The number of urea groups is 1. The molecule has 2 aliphatic rings. The van der Waals surface area contributed by atoms with Crippen molar-refractivity contribution in [1.29, 1.82) is 0 Å². The van der Waals surface area contributed by atoms with Gasteiger partial charge >= 0.3 is 12.0 Å². The lowest BCUT2D eigenvalue weighted by atomic mass is 9.96. The molecule has 2 N–H and O–H groups in total. The molecule has 1 aliphatic carbocycles. The summed E-state index contributed by atoms with van der Waals surface area (Å²) in [6.45, 7) is 6.34. The van der Waals surface area contributed by atoms with E-state index in [1.807, 2.05) is 32.0 Å². The number of ether oxygens (including phenoxy) is 1. The first kappa shape index (κ1) is 19.9. The maximum atomic E-state index is 12.5. The average molecular weight is 387 g/mol. The van der Waals surface area contributed by atoms with E-state index in [-0.39, 0.29) is 5.92 Å². The fourth-order valence-electron chi connectivity index (χ4n) is 3.45. The number of benzene rings is 1. The molecule has 1 saturated heterocycles. The van der Waals surface area contributed by atoms with Crippen LogP contribution in [0.2, 0.25) is 0 Å². The molecule has 1 saturated carbocycles. The van der Waals surface area contributed by atoms with Crippen molar-refractivity contribution in [3.05, 3.63) is 29.3 Å². The first-order chi connectivity index (χ1) is 13.1. The van der Waals surface area contributed by atoms with E-state index in [9.17, 15) is 19.2 Å². The Labute approximate surface area is 163 Å². The second-order valence-electron chi connectivity index (χ2n) is 7.69. The summed E-state index contributed by atoms with van der Waals surface area (Å²) < 4.78 is 5.14. The Morgan fingerprint density at radius 3 is 2.46 bits per heavy atom. The number of esters is 1. The summed E-state index contributed by atoms with van der Waals surface area (Å²) in [7, 11) is 0. The van der Waals surface area contributed by atoms with Crippen molar-refractivity contribution >= 4 is 29.5 Å². The molecular formula is C20H25N3O5. The molecule has 4 amide bonds. The fraction of sp³-hybridized carbons (Fsp3) is 0.500. The number of rotatable bonds is 6. The van der Waals surface area contributed by atoms with Gasteiger partial charge in [-0.05, 0) is 57.6 Å². The van der Waals surface area contributed by atoms with E-state index >= 15 is 0 Å². The summed E-state index contributed by atoms with van der Waals surface area (Å²) in [6.07, 6.45) is 0.675. The highest BCUT2D eigenvalue weighted by Crippen LogP contribution is 2.42. The molecule has 150 valence electrons. The zero-order valence-electron chi connectivity index (χ0n) is 16.5. The summed E-state index contributed by atoms with van der Waals surface area (Å²) in [4.78, 5) is 50.1. The van der Waals surface area contributed by atoms with Crippen molar-refractivity contribution in [1.82, 2.24) is 10.2 Å². The number of para-hydroxylation sites is 1. The van der Waals surface area contributed by atoms with E-state index in [1.54, 1.807) is 6.92 Å². The smallest absolute Gasteiger partial charge is 0.327 e. The summed E-state index contributed by atoms with van der Waals surface area (Å²) in [5.41, 5.74) is 1.50. The van der Waals surface area contributed by atoms with Crippen LogP contribution < -0.4 is 10.6 Å². The topological polar surface area (TPSA) is 105 Å². The van der Waals surface area contributed by atoms with Gasteiger partial charge in [0.2, 0.25) is 0 Å². The Morgan fingerprint density at radius 2 is 1.89 bits per heavy atom. The zero-order valence-corrected chi connectivity index (χ0v) is 16.5. The Hall–Kier alpha value is -2.90. The number of amides is 4. The van der Waals surface area contributed by atoms with E-state index in [0.29, 0.717) is 5.69 Å². The normalized spacial score (nSPS) is 22.6. The maximum Gasteiger partial charge on any atom is 0.327 e. The number of hydrogen-bond acceptors (Lipinski definition) is 5. The standard InChI is InChI=1S/C20H25N3O5/c1-11-6-5-7-12(2)16(11)21-17(25)13(3)28-15(24)10-23-18(26)20(4,14-8-9-14)22-19(23)27/h5-7,13-14H,8-10H2,1-4H3,(H,21,25)(H,22,27)/t13-,20+/m0/s1. The number of aryl methyl sites for hydroxylation is 2. The lowest BCUT2D eigenvalue weighted by molar-refractivity contribution is -0.155. The van der Waals surface area contributed by atoms with Crippen molar-refractivity contribution in [2.24, 2.45) is 5.92 Å². The third-order valence-corrected chi connectivity index (χ3v) is 5.39. The van der Waals surface area contributed by atoms with Crippen LogP contribution in [0.5, 0.6) is 0 Å². The molecule has 0 radical (unpaired) electrons. The molecule has 0 bridgehead atoms. The molecule has 0 spiro atoms. The minimum Gasteiger partial charge on any atom is -0.451 e. The lowest BCUT2D eigenvalue weighted by Crippen LogP contribution is -2.46. The van der Waals surface area contributed by atoms with Gasteiger partial charge in [0.1, 0.15) is 12.1 Å². The quantitative estimate of drug-likeness (QED) is 0.573. The van der Waals surface area contributed by atoms with Crippen molar-refractivity contribution in [3.63, 3.8) is 0 Å². The summed E-state index contributed by atoms with van der Waals surface area (Å²) in [6, 6.07) is 5.02. The van der Waals surface area contributed by atoms with Crippen LogP contribution in [0.25, 0.3) is 0 Å². The monoisotopic (exact) mass is 387 g/mol. The van der Waals surface area contributed by atoms with Gasteiger partial charge in [0.05, 0.1) is 0 Å². The highest BCUT2D eigenvalue weighted by Gasteiger charge is 2.56. The Morgan fingerprint density at radius 1 is 1.29 bits per heavy atom. The second-order valence-corrected chi connectivity index (χ2v) is 7.69. The van der Waals surface area contributed by atoms with E-state index in [2.05, 4.69) is 10.6 Å². The van der Waals surface area contributed by atoms with Crippen LogP contribution in [0.1, 0.15) is 37.8 Å². The fourth-order valence-corrected chi connectivity index (χ4v) is 3.45. The second kappa shape index (κ2) is 7.26. The first-order valence-corrected chi connectivity index (χ1v) is 9.34. The SMILES string of the molecule is Cc1cccc(C)c1NC(=O)[C@H](C)OC(=O)CN1C(=O)N[C@](C)(C2CC2)C1=O. The van der Waals surface area contributed by atoms with E-state index in [4.69, 9.17) is 4.74 Å². The van der Waals surface area contributed by atoms with Crippen molar-refractivity contribution in [2.45, 2.75) is 52.2 Å². The Balaban J connectivity index is 1.58. The number of carbonyl (C=O) groups excluding carboxylic acids is 4. The van der Waals surface area contributed by atoms with Gasteiger partial charge in [-0.15, -0.1) is 0 Å². The number of nitrogens with zero attached hydrogens (tertiary/aromatic N) is 1. The molecule has 1 aliphatic heterocycles. The van der Waals surface area contributed by atoms with Crippen LogP contribution in [0.15, 0.2) is 18.2 Å². The maximum absolute atomic E-state index is 12.5. The molecule has 1 aromatic carbocycles. The van der Waals surface area contributed by atoms with Crippen molar-refractivity contribution in [2.75, 3.05) is 11.9 Å². The predicted molar refractivity (Wildman–Crippen MR) is 101 cm³/mol. The predicted octanol–water partition coefficient (Wildman–Crippen LogP) is 1.89. The molecule has 0 aromatic heterocycles. The molecule has 0 unspecified atom stereocenters. The molecule has 28 heavy (non-hydrogen) atoms. The van der Waals surface area contributed by atoms with Crippen LogP contribution in [-0.4, -0.2) is 46.9 Å². The minimum absolute atomic E-state index is 0.104. The first-order valence-electron chi connectivity index (χ1n) is 9.34. The third kappa shape index (κ3) is 3.72. The molecule has 8 heteroatoms. The summed E-state index contributed by atoms with van der Waals surface area (Å²) >= 11 is 0. The molecule has 3 rings (SSSR count). The van der Waals surface area contributed by atoms with Crippen LogP contribution in [-0.2, 0) is 19.1 Å². The van der Waals surface area contributed by atoms with Crippen LogP contribution in [0, 0.1) is 19.8 Å². The number of hydrogen-bond donors (Lipinski definition) is 2. The zero-order chi connectivity index (χ0) is 20.6. The molecule has 2 fully saturated rings. The van der Waals surface area contributed by atoms with Gasteiger partial charge in [0.25, 0.3) is 11.8 Å². The number of anilines is 1. The largest absolute Gasteiger partial charge is 0.451 e. The van der Waals surface area contributed by atoms with Crippen LogP contribution >= 0.6 is 0 Å². The van der Waals surface area contributed by atoms with Crippen LogP contribution in [0.3, 0.4) is 0 Å². The molecule has 2 atom stereocenters. The van der Waals surface area contributed by atoms with E-state index in [0.717, 1.165) is 28.9 Å². The average Bonchev–Trinajstić information content (AvgIpc) is 3.44. The van der Waals surface area contributed by atoms with Gasteiger partial charge in [0.15, 0.2) is 6.10 Å². The molecule has 1 aromatic rings. The minimum atomic E-state index is -1.07. The molecular weight excluding hydrogens is 362 g/mol. The Bertz CT molecular complexity index is 828. The van der Waals surface area contributed by atoms with Gasteiger partial charge in [-0.1, -0.05) is 18.2 Å². The highest BCUT2D eigenvalue weighted by atomic mass is 16.5. The van der Waals surface area contributed by atoms with Gasteiger partial charge in [-0.25, -0.2) is 4.79 Å². The van der Waals surface area contributed by atoms with E-state index < -0.39 is 42.0 Å². The van der Waals surface area contributed by atoms with E-state index in [1.165, 1.54) is 6.92 Å². The number of imide groups is 1. The number of carbonyl (C=O) groups is 4. The lowest BCUT2D eigenvalue weighted by Gasteiger charge is -2.21. The number of nitrogens with one attached hydrogen (secondary N) is 2. The van der Waals surface area contributed by atoms with Crippen LogP contribution in [0.4, 0.5) is 10.5 Å². The van der Waals surface area contributed by atoms with Gasteiger partial charge in [-0.2, -0.15) is 0 Å². The van der Waals surface area contributed by atoms with Gasteiger partial charge in [-0.3, -0.25) is 19.3 Å². The highest BCUT2D eigenvalue weighted by molar-refractivity contribution is 6.09. The van der Waals surface area contributed by atoms with Crippen molar-refractivity contribution in [3.8, 4) is 0 Å². The van der Waals surface area contributed by atoms with Crippen molar-refractivity contribution < 1.29 is 23.9 Å². The molecule has 8 nitrogen and oxygen atoms in total. The molecule has 1 heterocycles. The van der Waals surface area contributed by atoms with Gasteiger partial charge in [0, 0.05) is 5.69 Å². The summed E-state index contributed by atoms with van der Waals surface area (Å²) in [5.74, 6) is -1.62. The Kier molecular flexibility index (Phi) is 5.14.